The molecule has 9 atom stereocenters. The quantitative estimate of drug-likeness (QED) is 0.0619. The van der Waals surface area contributed by atoms with Gasteiger partial charge in [-0.3, -0.25) is 4.79 Å². The summed E-state index contributed by atoms with van der Waals surface area (Å²) < 4.78 is 12.1. The zero-order chi connectivity index (χ0) is 36.0. The number of allylic oxidation sites excluding steroid dienone is 1. The third-order valence-electron chi connectivity index (χ3n) is 14.8. The largest absolute Gasteiger partial charge is 0.457 e. The fourth-order valence-corrected chi connectivity index (χ4v) is 11.7. The van der Waals surface area contributed by atoms with Crippen molar-refractivity contribution in [1.29, 1.82) is 0 Å². The van der Waals surface area contributed by atoms with Crippen LogP contribution >= 0.6 is 0 Å². The topological polar surface area (TPSA) is 55.8 Å². The zero-order valence-corrected chi connectivity index (χ0v) is 34.0. The zero-order valence-electron chi connectivity index (χ0n) is 34.0. The Bertz CT molecular complexity index is 1000. The third kappa shape index (κ3) is 11.6. The minimum atomic E-state index is -0.554. The van der Waals surface area contributed by atoms with Gasteiger partial charge in [0.2, 0.25) is 0 Å². The van der Waals surface area contributed by atoms with E-state index in [1.807, 2.05) is 0 Å². The molecule has 0 heterocycles. The van der Waals surface area contributed by atoms with Crippen LogP contribution in [-0.4, -0.2) is 36.5 Å². The molecule has 4 heteroatoms. The molecular weight excluding hydrogens is 617 g/mol. The Balaban J connectivity index is 1.13. The first-order valence-electron chi connectivity index (χ1n) is 22.2. The summed E-state index contributed by atoms with van der Waals surface area (Å²) in [6, 6.07) is 0. The molecule has 3 saturated carbocycles. The van der Waals surface area contributed by atoms with Gasteiger partial charge in [0.05, 0.1) is 19.3 Å². The van der Waals surface area contributed by atoms with Crippen LogP contribution in [0.1, 0.15) is 202 Å². The van der Waals surface area contributed by atoms with E-state index in [9.17, 15) is 9.90 Å². The maximum absolute atomic E-state index is 12.6. The first-order valence-corrected chi connectivity index (χ1v) is 22.2. The first kappa shape index (κ1) is 41.9. The van der Waals surface area contributed by atoms with Gasteiger partial charge < -0.3 is 14.6 Å². The van der Waals surface area contributed by atoms with E-state index >= 15 is 0 Å². The van der Waals surface area contributed by atoms with E-state index in [2.05, 4.69) is 47.6 Å². The van der Waals surface area contributed by atoms with Crippen LogP contribution < -0.4 is 0 Å². The molecule has 1 N–H and O–H groups in total. The molecule has 0 aliphatic heterocycles. The van der Waals surface area contributed by atoms with Crippen molar-refractivity contribution in [3.05, 3.63) is 11.6 Å². The van der Waals surface area contributed by atoms with Gasteiger partial charge in [0.15, 0.2) is 0 Å². The Morgan fingerprint density at radius 2 is 1.48 bits per heavy atom. The fourth-order valence-electron chi connectivity index (χ4n) is 11.7. The molecule has 0 saturated heterocycles. The summed E-state index contributed by atoms with van der Waals surface area (Å²) in [6.45, 7) is 15.0. The number of hydrogen-bond acceptors (Lipinski definition) is 4. The molecule has 50 heavy (non-hydrogen) atoms. The van der Waals surface area contributed by atoms with Crippen molar-refractivity contribution >= 4 is 5.97 Å². The van der Waals surface area contributed by atoms with Gasteiger partial charge in [-0.05, 0) is 104 Å². The van der Waals surface area contributed by atoms with Crippen LogP contribution in [-0.2, 0) is 14.3 Å². The number of rotatable bonds is 24. The molecule has 290 valence electrons. The van der Waals surface area contributed by atoms with Gasteiger partial charge in [-0.25, -0.2) is 0 Å². The SMILES string of the molecule is CCCCCCCCCCCCCCCC(=O)OC(CO)COC1CC[C@@]2(C)C(=CCC3C2CC[C@@]2(C)C3CC[C@@H]2[C@H](C)CCCC(C)C)C1. The maximum atomic E-state index is 12.6. The van der Waals surface area contributed by atoms with E-state index in [-0.39, 0.29) is 18.7 Å². The molecule has 4 nitrogen and oxygen atoms in total. The Morgan fingerprint density at radius 3 is 2.12 bits per heavy atom. The van der Waals surface area contributed by atoms with E-state index in [1.165, 1.54) is 128 Å². The average molecular weight is 699 g/mol. The highest BCUT2D eigenvalue weighted by Crippen LogP contribution is 2.67. The second kappa shape index (κ2) is 21.1. The third-order valence-corrected chi connectivity index (χ3v) is 14.8. The lowest BCUT2D eigenvalue weighted by Crippen LogP contribution is -2.51. The number of aliphatic hydroxyl groups is 1. The summed E-state index contributed by atoms with van der Waals surface area (Å²) in [5.74, 6) is 4.96. The van der Waals surface area contributed by atoms with E-state index in [0.29, 0.717) is 23.9 Å². The number of carbonyl (C=O) groups is 1. The van der Waals surface area contributed by atoms with Gasteiger partial charge in [0.25, 0.3) is 0 Å². The van der Waals surface area contributed by atoms with Crippen molar-refractivity contribution in [3.63, 3.8) is 0 Å². The number of fused-ring (bicyclic) bond motifs is 5. The Kier molecular flexibility index (Phi) is 17.7. The molecule has 0 spiro atoms. The van der Waals surface area contributed by atoms with Gasteiger partial charge in [0, 0.05) is 6.42 Å². The van der Waals surface area contributed by atoms with Crippen molar-refractivity contribution in [3.8, 4) is 0 Å². The molecule has 4 aliphatic rings. The second-order valence-corrected chi connectivity index (χ2v) is 18.8. The van der Waals surface area contributed by atoms with Crippen molar-refractivity contribution in [2.24, 2.45) is 46.3 Å². The second-order valence-electron chi connectivity index (χ2n) is 18.8. The molecule has 0 amide bonds. The summed E-state index contributed by atoms with van der Waals surface area (Å²) in [5, 5.41) is 9.99. The molecule has 4 rings (SSSR count). The highest BCUT2D eigenvalue weighted by Gasteiger charge is 2.59. The van der Waals surface area contributed by atoms with Crippen LogP contribution in [0.5, 0.6) is 0 Å². The molecule has 3 fully saturated rings. The Labute approximate surface area is 310 Å². The summed E-state index contributed by atoms with van der Waals surface area (Å²) in [5.41, 5.74) is 2.47. The van der Waals surface area contributed by atoms with Gasteiger partial charge in [-0.2, -0.15) is 0 Å². The highest BCUT2D eigenvalue weighted by atomic mass is 16.6. The van der Waals surface area contributed by atoms with E-state index in [0.717, 1.165) is 61.2 Å². The number of esters is 1. The summed E-state index contributed by atoms with van der Waals surface area (Å²) >= 11 is 0. The Morgan fingerprint density at radius 1 is 0.820 bits per heavy atom. The normalized spacial score (nSPS) is 31.8. The van der Waals surface area contributed by atoms with E-state index in [4.69, 9.17) is 9.47 Å². The predicted octanol–water partition coefficient (Wildman–Crippen LogP) is 12.8. The van der Waals surface area contributed by atoms with Gasteiger partial charge in [-0.15, -0.1) is 0 Å². The molecule has 0 radical (unpaired) electrons. The van der Waals surface area contributed by atoms with Crippen LogP contribution in [0.2, 0.25) is 0 Å². The lowest BCUT2D eigenvalue weighted by atomic mass is 9.47. The number of aliphatic hydroxyl groups excluding tert-OH is 1. The standard InChI is InChI=1S/C46H82O4/c1-7-8-9-10-11-12-13-14-15-16-17-18-19-23-44(48)50-39(33-47)34-49-38-28-30-45(5)37(32-38)24-25-40-42-27-26-41(36(4)22-20-21-35(2)3)46(42,6)31-29-43(40)45/h24,35-36,38-43,47H,7-23,25-34H2,1-6H3/t36-,38?,39?,40?,41-,42?,43?,45+,46-/m1/s1. The predicted molar refractivity (Wildman–Crippen MR) is 210 cm³/mol. The smallest absolute Gasteiger partial charge is 0.306 e. The lowest BCUT2D eigenvalue weighted by Gasteiger charge is -2.58. The minimum absolute atomic E-state index is 0.163. The monoisotopic (exact) mass is 699 g/mol. The van der Waals surface area contributed by atoms with Gasteiger partial charge in [0.1, 0.15) is 6.10 Å². The molecule has 0 bridgehead atoms. The lowest BCUT2D eigenvalue weighted by molar-refractivity contribution is -0.157. The number of ether oxygens (including phenoxy) is 2. The summed E-state index contributed by atoms with van der Waals surface area (Å²) in [7, 11) is 0. The molecule has 5 unspecified atom stereocenters. The van der Waals surface area contributed by atoms with Gasteiger partial charge >= 0.3 is 5.97 Å². The number of hydrogen-bond donors (Lipinski definition) is 1. The maximum Gasteiger partial charge on any atom is 0.306 e. The number of carbonyl (C=O) groups excluding carboxylic acids is 1. The van der Waals surface area contributed by atoms with Crippen LogP contribution in [0, 0.1) is 46.3 Å². The van der Waals surface area contributed by atoms with Gasteiger partial charge in [-0.1, -0.05) is 150 Å². The van der Waals surface area contributed by atoms with E-state index < -0.39 is 6.10 Å². The van der Waals surface area contributed by atoms with Crippen LogP contribution in [0.15, 0.2) is 11.6 Å². The van der Waals surface area contributed by atoms with Crippen LogP contribution in [0.4, 0.5) is 0 Å². The summed E-state index contributed by atoms with van der Waals surface area (Å²) in [4.78, 5) is 12.6. The Hall–Kier alpha value is -0.870. The molecular formula is C46H82O4. The molecule has 0 aromatic carbocycles. The molecule has 4 aliphatic carbocycles. The van der Waals surface area contributed by atoms with Crippen molar-refractivity contribution in [2.75, 3.05) is 13.2 Å². The summed E-state index contributed by atoms with van der Waals surface area (Å²) in [6.07, 6.45) is 33.9. The average Bonchev–Trinajstić information content (AvgIpc) is 3.45. The van der Waals surface area contributed by atoms with Crippen molar-refractivity contribution in [1.82, 2.24) is 0 Å². The number of unbranched alkanes of at least 4 members (excludes halogenated alkanes) is 12. The first-order chi connectivity index (χ1) is 24.1. The van der Waals surface area contributed by atoms with Crippen LogP contribution in [0.3, 0.4) is 0 Å². The van der Waals surface area contributed by atoms with Crippen molar-refractivity contribution < 1.29 is 19.4 Å². The fraction of sp³-hybridized carbons (Fsp3) is 0.935. The van der Waals surface area contributed by atoms with Crippen molar-refractivity contribution in [2.45, 2.75) is 214 Å². The van der Waals surface area contributed by atoms with Crippen LogP contribution in [0.25, 0.3) is 0 Å². The molecule has 0 aromatic heterocycles. The molecule has 0 aromatic rings. The van der Waals surface area contributed by atoms with E-state index in [1.54, 1.807) is 5.57 Å². The highest BCUT2D eigenvalue weighted by molar-refractivity contribution is 5.69. The minimum Gasteiger partial charge on any atom is -0.457 e.